The fraction of sp³-hybridized carbons (Fsp3) is 0.300. The lowest BCUT2D eigenvalue weighted by molar-refractivity contribution is 0.0998. The number of nitrogens with two attached hydrogens (primary N) is 2. The van der Waals surface area contributed by atoms with Crippen LogP contribution in [0.5, 0.6) is 0 Å². The van der Waals surface area contributed by atoms with E-state index in [9.17, 15) is 4.79 Å². The van der Waals surface area contributed by atoms with Crippen LogP contribution in [0.4, 0.5) is 0 Å². The summed E-state index contributed by atoms with van der Waals surface area (Å²) in [7, 11) is 0. The average molecular weight is 255 g/mol. The van der Waals surface area contributed by atoms with E-state index in [1.807, 2.05) is 12.1 Å². The minimum absolute atomic E-state index is 0.0509. The van der Waals surface area contributed by atoms with Crippen LogP contribution in [-0.4, -0.2) is 5.91 Å². The third-order valence-corrected chi connectivity index (χ3v) is 3.29. The van der Waals surface area contributed by atoms with Gasteiger partial charge in [-0.1, -0.05) is 6.07 Å². The fourth-order valence-corrected chi connectivity index (χ4v) is 2.52. The summed E-state index contributed by atoms with van der Waals surface area (Å²) in [6.45, 7) is 0. The Kier molecular flexibility index (Phi) is 2.33. The van der Waals surface area contributed by atoms with Gasteiger partial charge in [0, 0.05) is 10.5 Å². The van der Waals surface area contributed by atoms with Crippen LogP contribution in [0.25, 0.3) is 0 Å². The van der Waals surface area contributed by atoms with E-state index in [2.05, 4.69) is 15.9 Å². The van der Waals surface area contributed by atoms with Gasteiger partial charge in [0.25, 0.3) is 0 Å². The number of carbonyl (C=O) groups excluding carboxylic acids is 1. The van der Waals surface area contributed by atoms with E-state index in [4.69, 9.17) is 11.5 Å². The van der Waals surface area contributed by atoms with E-state index < -0.39 is 5.91 Å². The van der Waals surface area contributed by atoms with Crippen molar-refractivity contribution in [1.29, 1.82) is 0 Å². The van der Waals surface area contributed by atoms with Crippen LogP contribution >= 0.6 is 15.9 Å². The molecule has 74 valence electrons. The minimum Gasteiger partial charge on any atom is -0.366 e. The first-order valence-electron chi connectivity index (χ1n) is 4.48. The number of fused-ring (bicyclic) bond motifs is 1. The molecule has 0 saturated carbocycles. The lowest BCUT2D eigenvalue weighted by atomic mass is 10.0. The van der Waals surface area contributed by atoms with E-state index >= 15 is 0 Å². The average Bonchev–Trinajstić information content (AvgIpc) is 2.47. The lowest BCUT2D eigenvalue weighted by Crippen LogP contribution is -2.18. The van der Waals surface area contributed by atoms with Crippen molar-refractivity contribution < 1.29 is 4.79 Å². The Bertz CT molecular complexity index is 403. The number of rotatable bonds is 1. The molecule has 0 radical (unpaired) electrons. The Morgan fingerprint density at radius 2 is 2.21 bits per heavy atom. The largest absolute Gasteiger partial charge is 0.366 e. The summed E-state index contributed by atoms with van der Waals surface area (Å²) in [5.41, 5.74) is 13.9. The summed E-state index contributed by atoms with van der Waals surface area (Å²) in [5, 5.41) is 0. The van der Waals surface area contributed by atoms with Crippen molar-refractivity contribution in [3.63, 3.8) is 0 Å². The molecule has 4 heteroatoms. The number of hydrogen-bond acceptors (Lipinski definition) is 2. The number of carbonyl (C=O) groups is 1. The second-order valence-electron chi connectivity index (χ2n) is 3.50. The molecule has 1 aromatic carbocycles. The highest BCUT2D eigenvalue weighted by atomic mass is 79.9. The Morgan fingerprint density at radius 3 is 2.86 bits per heavy atom. The molecule has 0 unspecified atom stereocenters. The highest BCUT2D eigenvalue weighted by Gasteiger charge is 2.25. The molecular formula is C10H11BrN2O. The zero-order valence-corrected chi connectivity index (χ0v) is 9.17. The van der Waals surface area contributed by atoms with E-state index in [1.54, 1.807) is 0 Å². The van der Waals surface area contributed by atoms with Crippen molar-refractivity contribution in [1.82, 2.24) is 0 Å². The van der Waals surface area contributed by atoms with Crippen LogP contribution in [0, 0.1) is 0 Å². The number of hydrogen-bond donors (Lipinski definition) is 2. The van der Waals surface area contributed by atoms with Gasteiger partial charge >= 0.3 is 0 Å². The van der Waals surface area contributed by atoms with Gasteiger partial charge < -0.3 is 11.5 Å². The van der Waals surface area contributed by atoms with Gasteiger partial charge in [-0.15, -0.1) is 0 Å². The lowest BCUT2D eigenvalue weighted by Gasteiger charge is -2.11. The second kappa shape index (κ2) is 3.37. The highest BCUT2D eigenvalue weighted by Crippen LogP contribution is 2.35. The van der Waals surface area contributed by atoms with Gasteiger partial charge in [0.1, 0.15) is 0 Å². The number of benzene rings is 1. The molecule has 2 rings (SSSR count). The molecule has 1 aliphatic carbocycles. The molecule has 0 spiro atoms. The molecule has 0 bridgehead atoms. The standard InChI is InChI=1S/C10H11BrN2O/c11-6-3-1-5-2-4-7(12)8(5)9(6)10(13)14/h1,3,7H,2,4,12H2,(H2,13,14)/t7-/m1/s1. The zero-order valence-electron chi connectivity index (χ0n) is 7.59. The van der Waals surface area contributed by atoms with E-state index in [0.717, 1.165) is 28.4 Å². The van der Waals surface area contributed by atoms with Gasteiger partial charge in [-0.2, -0.15) is 0 Å². The van der Waals surface area contributed by atoms with Crippen molar-refractivity contribution in [3.05, 3.63) is 33.3 Å². The summed E-state index contributed by atoms with van der Waals surface area (Å²) in [6.07, 6.45) is 1.83. The maximum absolute atomic E-state index is 11.3. The van der Waals surface area contributed by atoms with Crippen LogP contribution in [0.3, 0.4) is 0 Å². The summed E-state index contributed by atoms with van der Waals surface area (Å²) < 4.78 is 0.737. The molecule has 1 amide bonds. The van der Waals surface area contributed by atoms with Crippen molar-refractivity contribution in [2.75, 3.05) is 0 Å². The van der Waals surface area contributed by atoms with Crippen LogP contribution in [0.15, 0.2) is 16.6 Å². The van der Waals surface area contributed by atoms with Gasteiger partial charge in [-0.05, 0) is 46.0 Å². The third-order valence-electron chi connectivity index (χ3n) is 2.63. The maximum Gasteiger partial charge on any atom is 0.250 e. The Hall–Kier alpha value is -0.870. The maximum atomic E-state index is 11.3. The molecule has 0 saturated heterocycles. The smallest absolute Gasteiger partial charge is 0.250 e. The number of halogens is 1. The molecule has 1 aliphatic rings. The monoisotopic (exact) mass is 254 g/mol. The predicted molar refractivity (Wildman–Crippen MR) is 57.9 cm³/mol. The van der Waals surface area contributed by atoms with Crippen LogP contribution in [-0.2, 0) is 6.42 Å². The number of aryl methyl sites for hydroxylation is 1. The summed E-state index contributed by atoms with van der Waals surface area (Å²) >= 11 is 3.32. The molecule has 0 heterocycles. The molecule has 0 aliphatic heterocycles. The Morgan fingerprint density at radius 1 is 1.50 bits per heavy atom. The van der Waals surface area contributed by atoms with E-state index in [-0.39, 0.29) is 6.04 Å². The zero-order chi connectivity index (χ0) is 10.3. The van der Waals surface area contributed by atoms with Crippen molar-refractivity contribution in [3.8, 4) is 0 Å². The van der Waals surface area contributed by atoms with E-state index in [0.29, 0.717) is 5.56 Å². The molecule has 3 nitrogen and oxygen atoms in total. The normalized spacial score (nSPS) is 19.4. The van der Waals surface area contributed by atoms with Crippen LogP contribution in [0.1, 0.15) is 33.9 Å². The van der Waals surface area contributed by atoms with Gasteiger partial charge in [0.15, 0.2) is 0 Å². The van der Waals surface area contributed by atoms with Gasteiger partial charge in [0.2, 0.25) is 5.91 Å². The van der Waals surface area contributed by atoms with Crippen molar-refractivity contribution in [2.45, 2.75) is 18.9 Å². The molecule has 0 fully saturated rings. The fourth-order valence-electron chi connectivity index (χ4n) is 1.98. The summed E-state index contributed by atoms with van der Waals surface area (Å²) in [5.74, 6) is -0.411. The first kappa shape index (κ1) is 9.68. The summed E-state index contributed by atoms with van der Waals surface area (Å²) in [4.78, 5) is 11.3. The molecule has 1 aromatic rings. The van der Waals surface area contributed by atoms with Crippen molar-refractivity contribution in [2.24, 2.45) is 11.5 Å². The topological polar surface area (TPSA) is 69.1 Å². The van der Waals surface area contributed by atoms with Gasteiger partial charge in [-0.25, -0.2) is 0 Å². The van der Waals surface area contributed by atoms with Crippen LogP contribution < -0.4 is 11.5 Å². The third kappa shape index (κ3) is 1.35. The second-order valence-corrected chi connectivity index (χ2v) is 4.36. The number of amides is 1. The summed E-state index contributed by atoms with van der Waals surface area (Å²) in [6, 6.07) is 3.81. The van der Waals surface area contributed by atoms with E-state index in [1.165, 1.54) is 0 Å². The number of primary amides is 1. The first-order valence-corrected chi connectivity index (χ1v) is 5.27. The first-order chi connectivity index (χ1) is 6.61. The Labute approximate surface area is 90.6 Å². The van der Waals surface area contributed by atoms with Gasteiger partial charge in [-0.3, -0.25) is 4.79 Å². The van der Waals surface area contributed by atoms with Gasteiger partial charge in [0.05, 0.1) is 5.56 Å². The molecule has 0 aromatic heterocycles. The highest BCUT2D eigenvalue weighted by molar-refractivity contribution is 9.10. The van der Waals surface area contributed by atoms with Crippen LogP contribution in [0.2, 0.25) is 0 Å². The molecule has 4 N–H and O–H groups in total. The molecule has 1 atom stereocenters. The predicted octanol–water partition coefficient (Wildman–Crippen LogP) is 1.49. The quantitative estimate of drug-likeness (QED) is 0.798. The molecular weight excluding hydrogens is 244 g/mol. The molecule has 14 heavy (non-hydrogen) atoms. The SMILES string of the molecule is NC(=O)c1c(Br)ccc2c1[C@H](N)CC2. The minimum atomic E-state index is -0.411. The van der Waals surface area contributed by atoms with Crippen molar-refractivity contribution >= 4 is 21.8 Å². The Balaban J connectivity index is 2.68.